The zero-order valence-corrected chi connectivity index (χ0v) is 15.7. The van der Waals surface area contributed by atoms with E-state index in [9.17, 15) is 4.79 Å². The number of carbonyl (C=O) groups is 1. The molecule has 2 aromatic rings. The molecule has 1 N–H and O–H groups in total. The van der Waals surface area contributed by atoms with Crippen LogP contribution >= 0.6 is 0 Å². The topological polar surface area (TPSA) is 79.4 Å². The summed E-state index contributed by atoms with van der Waals surface area (Å²) in [6, 6.07) is 4.27. The molecule has 5 rings (SSSR count). The number of aromatic nitrogens is 3. The molecule has 1 saturated heterocycles. The summed E-state index contributed by atoms with van der Waals surface area (Å²) in [5, 5.41) is 11.6. The van der Waals surface area contributed by atoms with Crippen LogP contribution in [0.3, 0.4) is 0 Å². The first kappa shape index (κ1) is 16.9. The molecule has 2 fully saturated rings. The highest BCUT2D eigenvalue weighted by Gasteiger charge is 2.46. The van der Waals surface area contributed by atoms with Crippen molar-refractivity contribution in [2.75, 3.05) is 20.1 Å². The van der Waals surface area contributed by atoms with Crippen molar-refractivity contribution in [2.24, 2.45) is 0 Å². The highest BCUT2D eigenvalue weighted by Crippen LogP contribution is 2.34. The zero-order valence-electron chi connectivity index (χ0n) is 15.7. The van der Waals surface area contributed by atoms with Crippen LogP contribution in [0.4, 0.5) is 0 Å². The number of furan rings is 1. The highest BCUT2D eigenvalue weighted by molar-refractivity contribution is 5.91. The van der Waals surface area contributed by atoms with Crippen molar-refractivity contribution < 1.29 is 9.21 Å². The van der Waals surface area contributed by atoms with Crippen molar-refractivity contribution in [3.8, 4) is 0 Å². The maximum absolute atomic E-state index is 12.7. The number of nitrogens with zero attached hydrogens (tertiary/aromatic N) is 5. The Kier molecular flexibility index (Phi) is 4.05. The molecule has 1 atom stereocenters. The smallest absolute Gasteiger partial charge is 0.289 e. The number of rotatable bonds is 4. The first-order valence-electron chi connectivity index (χ1n) is 9.82. The molecule has 3 aliphatic rings. The lowest BCUT2D eigenvalue weighted by molar-refractivity contribution is 0.0638. The molecule has 144 valence electrons. The summed E-state index contributed by atoms with van der Waals surface area (Å²) in [7, 11) is 2.16. The van der Waals surface area contributed by atoms with Crippen molar-refractivity contribution in [1.29, 1.82) is 0 Å². The molecule has 0 aromatic carbocycles. The summed E-state index contributed by atoms with van der Waals surface area (Å²) < 4.78 is 7.56. The first-order chi connectivity index (χ1) is 13.1. The van der Waals surface area contributed by atoms with E-state index in [4.69, 9.17) is 4.42 Å². The Hall–Kier alpha value is -2.19. The fraction of sp³-hybridized carbons (Fsp3) is 0.632. The fourth-order valence-corrected chi connectivity index (χ4v) is 4.52. The Morgan fingerprint density at radius 1 is 1.37 bits per heavy atom. The van der Waals surface area contributed by atoms with Gasteiger partial charge >= 0.3 is 0 Å². The molecule has 1 spiro atoms. The van der Waals surface area contributed by atoms with Gasteiger partial charge in [-0.3, -0.25) is 14.6 Å². The van der Waals surface area contributed by atoms with E-state index in [1.165, 1.54) is 6.42 Å². The fourth-order valence-electron chi connectivity index (χ4n) is 4.52. The molecular formula is C19H26N6O2. The lowest BCUT2D eigenvalue weighted by Gasteiger charge is -2.42. The maximum atomic E-state index is 12.7. The maximum Gasteiger partial charge on any atom is 0.289 e. The van der Waals surface area contributed by atoms with Crippen molar-refractivity contribution in [1.82, 2.24) is 29.9 Å². The lowest BCUT2D eigenvalue weighted by Crippen LogP contribution is -2.55. The Labute approximate surface area is 158 Å². The number of carbonyl (C=O) groups excluding carboxylic acids is 1. The zero-order chi connectivity index (χ0) is 18.4. The van der Waals surface area contributed by atoms with Crippen LogP contribution in [-0.2, 0) is 19.6 Å². The molecule has 0 bridgehead atoms. The monoisotopic (exact) mass is 370 g/mol. The minimum absolute atomic E-state index is 0.00741. The lowest BCUT2D eigenvalue weighted by atomic mass is 9.93. The summed E-state index contributed by atoms with van der Waals surface area (Å²) in [6.07, 6.45) is 6.13. The van der Waals surface area contributed by atoms with Crippen LogP contribution in [-0.4, -0.2) is 62.2 Å². The van der Waals surface area contributed by atoms with Crippen LogP contribution in [0, 0.1) is 0 Å². The summed E-state index contributed by atoms with van der Waals surface area (Å²) in [5.74, 6) is 2.26. The van der Waals surface area contributed by atoms with Crippen LogP contribution in [0.2, 0.25) is 0 Å². The van der Waals surface area contributed by atoms with Gasteiger partial charge in [0.25, 0.3) is 5.91 Å². The summed E-state index contributed by atoms with van der Waals surface area (Å²) in [4.78, 5) is 17.5. The Morgan fingerprint density at radius 3 is 3.00 bits per heavy atom. The van der Waals surface area contributed by atoms with Gasteiger partial charge in [-0.25, -0.2) is 0 Å². The standard InChI is InChI=1S/C19H26N6O2/c1-23-11-16-21-22-17(18(26)20-14-4-2-5-14)25(16)13-19(23)7-8-24(12-19)10-15-6-3-9-27-15/h3,6,9,14H,2,4-5,7-8,10-13H2,1H3,(H,20,26)/t19-/m1/s1. The average molecular weight is 370 g/mol. The van der Waals surface area contributed by atoms with E-state index in [0.717, 1.165) is 63.6 Å². The van der Waals surface area contributed by atoms with Gasteiger partial charge in [-0.15, -0.1) is 10.2 Å². The van der Waals surface area contributed by atoms with Crippen molar-refractivity contribution in [3.63, 3.8) is 0 Å². The number of fused-ring (bicyclic) bond motifs is 1. The Morgan fingerprint density at radius 2 is 2.26 bits per heavy atom. The second-order valence-corrected chi connectivity index (χ2v) is 8.25. The van der Waals surface area contributed by atoms with Gasteiger partial charge in [0.15, 0.2) is 0 Å². The van der Waals surface area contributed by atoms with Crippen LogP contribution in [0.15, 0.2) is 22.8 Å². The van der Waals surface area contributed by atoms with E-state index in [1.54, 1.807) is 6.26 Å². The van der Waals surface area contributed by atoms with E-state index in [-0.39, 0.29) is 11.4 Å². The molecule has 8 heteroatoms. The third kappa shape index (κ3) is 2.96. The van der Waals surface area contributed by atoms with Crippen molar-refractivity contribution >= 4 is 5.91 Å². The predicted octanol–water partition coefficient (Wildman–Crippen LogP) is 1.24. The van der Waals surface area contributed by atoms with Gasteiger partial charge in [0.2, 0.25) is 5.82 Å². The quantitative estimate of drug-likeness (QED) is 0.872. The van der Waals surface area contributed by atoms with Crippen molar-refractivity contribution in [3.05, 3.63) is 35.8 Å². The number of likely N-dealkylation sites (tertiary alicyclic amines) is 1. The van der Waals surface area contributed by atoms with Crippen LogP contribution in [0.5, 0.6) is 0 Å². The molecule has 1 saturated carbocycles. The highest BCUT2D eigenvalue weighted by atomic mass is 16.3. The molecule has 2 aliphatic heterocycles. The molecule has 8 nitrogen and oxygen atoms in total. The molecule has 2 aromatic heterocycles. The Bertz CT molecular complexity index is 827. The minimum Gasteiger partial charge on any atom is -0.468 e. The number of amides is 1. The van der Waals surface area contributed by atoms with Gasteiger partial charge in [0, 0.05) is 25.7 Å². The van der Waals surface area contributed by atoms with Gasteiger partial charge in [-0.2, -0.15) is 0 Å². The van der Waals surface area contributed by atoms with Crippen LogP contribution in [0.25, 0.3) is 0 Å². The molecule has 1 aliphatic carbocycles. The van der Waals surface area contributed by atoms with Gasteiger partial charge in [-0.1, -0.05) is 0 Å². The SMILES string of the molecule is CN1Cc2nnc(C(=O)NC3CCC3)n2C[C@]12CCN(Cc1ccco1)C2. The van der Waals surface area contributed by atoms with Gasteiger partial charge < -0.3 is 14.3 Å². The molecule has 4 heterocycles. The van der Waals surface area contributed by atoms with Crippen LogP contribution in [0.1, 0.15) is 47.9 Å². The number of likely N-dealkylation sites (N-methyl/N-ethyl adjacent to an activating group) is 1. The normalized spacial score (nSPS) is 26.3. The van der Waals surface area contributed by atoms with Crippen molar-refractivity contribution in [2.45, 2.75) is 56.9 Å². The Balaban J connectivity index is 1.34. The summed E-state index contributed by atoms with van der Waals surface area (Å²) in [5.41, 5.74) is 0.00741. The molecule has 27 heavy (non-hydrogen) atoms. The van der Waals surface area contributed by atoms with E-state index >= 15 is 0 Å². The number of hydrogen-bond acceptors (Lipinski definition) is 6. The average Bonchev–Trinajstić information content (AvgIpc) is 3.34. The van der Waals surface area contributed by atoms with E-state index in [2.05, 4.69) is 32.4 Å². The third-order valence-electron chi connectivity index (χ3n) is 6.48. The minimum atomic E-state index is -0.0800. The van der Waals surface area contributed by atoms with Crippen LogP contribution < -0.4 is 5.32 Å². The van der Waals surface area contributed by atoms with Gasteiger partial charge in [0.05, 0.1) is 24.9 Å². The molecule has 0 unspecified atom stereocenters. The van der Waals surface area contributed by atoms with E-state index in [0.29, 0.717) is 11.9 Å². The van der Waals surface area contributed by atoms with E-state index < -0.39 is 0 Å². The number of hydrogen-bond donors (Lipinski definition) is 1. The second kappa shape index (κ2) is 6.45. The van der Waals surface area contributed by atoms with Gasteiger partial charge in [-0.05, 0) is 44.9 Å². The summed E-state index contributed by atoms with van der Waals surface area (Å²) >= 11 is 0. The first-order valence-corrected chi connectivity index (χ1v) is 9.82. The molecule has 0 radical (unpaired) electrons. The predicted molar refractivity (Wildman–Crippen MR) is 97.9 cm³/mol. The van der Waals surface area contributed by atoms with E-state index in [1.807, 2.05) is 16.7 Å². The third-order valence-corrected chi connectivity index (χ3v) is 6.48. The molecule has 1 amide bonds. The summed E-state index contributed by atoms with van der Waals surface area (Å²) in [6.45, 7) is 4.27. The van der Waals surface area contributed by atoms with Gasteiger partial charge in [0.1, 0.15) is 11.6 Å². The largest absolute Gasteiger partial charge is 0.468 e. The molecular weight excluding hydrogens is 344 g/mol. The second-order valence-electron chi connectivity index (χ2n) is 8.25. The number of nitrogens with one attached hydrogen (secondary N) is 1.